The molecule has 1 aliphatic carbocycles. The van der Waals surface area contributed by atoms with E-state index in [0.29, 0.717) is 0 Å². The molecule has 1 heteroatoms. The SMILES string of the molecule is C#CC(CC)NC1c2ccccc2-c2ccccc21. The Hall–Kier alpha value is -2.04. The fourth-order valence-corrected chi connectivity index (χ4v) is 2.82. The van der Waals surface area contributed by atoms with Crippen LogP contribution in [0.25, 0.3) is 11.1 Å². The van der Waals surface area contributed by atoms with Crippen molar-refractivity contribution in [2.75, 3.05) is 0 Å². The van der Waals surface area contributed by atoms with Crippen LogP contribution in [-0.4, -0.2) is 6.04 Å². The topological polar surface area (TPSA) is 12.0 Å². The third kappa shape index (κ3) is 1.95. The largest absolute Gasteiger partial charge is 0.293 e. The average Bonchev–Trinajstić information content (AvgIpc) is 2.79. The molecule has 1 N–H and O–H groups in total. The summed E-state index contributed by atoms with van der Waals surface area (Å²) in [6.45, 7) is 2.12. The van der Waals surface area contributed by atoms with Crippen molar-refractivity contribution in [3.05, 3.63) is 59.7 Å². The molecular formula is C18H17N. The van der Waals surface area contributed by atoms with E-state index in [9.17, 15) is 0 Å². The van der Waals surface area contributed by atoms with E-state index in [1.54, 1.807) is 0 Å². The molecular weight excluding hydrogens is 230 g/mol. The molecule has 0 aliphatic heterocycles. The lowest BCUT2D eigenvalue weighted by atomic mass is 10.0. The van der Waals surface area contributed by atoms with Gasteiger partial charge in [0, 0.05) is 0 Å². The van der Waals surface area contributed by atoms with Crippen LogP contribution in [0.3, 0.4) is 0 Å². The summed E-state index contributed by atoms with van der Waals surface area (Å²) in [5, 5.41) is 3.59. The maximum Gasteiger partial charge on any atom is 0.0691 e. The third-order valence-corrected chi connectivity index (χ3v) is 3.81. The van der Waals surface area contributed by atoms with Crippen molar-refractivity contribution in [1.82, 2.24) is 5.32 Å². The van der Waals surface area contributed by atoms with E-state index in [1.807, 2.05) is 0 Å². The standard InChI is InChI=1S/C18H17N/c1-3-13(4-2)19-18-16-11-7-5-9-14(16)15-10-6-8-12-17(15)18/h1,5-13,18-19H,4H2,2H3. The minimum atomic E-state index is 0.115. The second kappa shape index (κ2) is 4.91. The van der Waals surface area contributed by atoms with Gasteiger partial charge in [0.05, 0.1) is 12.1 Å². The molecule has 1 atom stereocenters. The van der Waals surface area contributed by atoms with Crippen LogP contribution in [0, 0.1) is 12.3 Å². The predicted octanol–water partition coefficient (Wildman–Crippen LogP) is 3.76. The summed E-state index contributed by atoms with van der Waals surface area (Å²) < 4.78 is 0. The summed E-state index contributed by atoms with van der Waals surface area (Å²) in [5.74, 6) is 2.83. The number of benzene rings is 2. The van der Waals surface area contributed by atoms with E-state index in [1.165, 1.54) is 22.3 Å². The van der Waals surface area contributed by atoms with Gasteiger partial charge in [0.2, 0.25) is 0 Å². The molecule has 2 aromatic rings. The molecule has 1 aliphatic rings. The summed E-state index contributed by atoms with van der Waals surface area (Å²) in [4.78, 5) is 0. The maximum absolute atomic E-state index is 5.59. The van der Waals surface area contributed by atoms with Gasteiger partial charge < -0.3 is 0 Å². The van der Waals surface area contributed by atoms with Crippen molar-refractivity contribution >= 4 is 0 Å². The highest BCUT2D eigenvalue weighted by molar-refractivity contribution is 5.78. The van der Waals surface area contributed by atoms with Gasteiger partial charge in [-0.1, -0.05) is 61.4 Å². The lowest BCUT2D eigenvalue weighted by Gasteiger charge is -2.19. The van der Waals surface area contributed by atoms with Crippen LogP contribution in [0.15, 0.2) is 48.5 Å². The number of terminal acetylenes is 1. The quantitative estimate of drug-likeness (QED) is 0.814. The summed E-state index contributed by atoms with van der Waals surface area (Å²) in [6, 6.07) is 17.5. The Bertz CT molecular complexity index is 591. The molecule has 0 saturated heterocycles. The number of hydrogen-bond donors (Lipinski definition) is 1. The molecule has 3 rings (SSSR count). The van der Waals surface area contributed by atoms with Gasteiger partial charge in [-0.15, -0.1) is 6.42 Å². The lowest BCUT2D eigenvalue weighted by Crippen LogP contribution is -2.30. The highest BCUT2D eigenvalue weighted by Crippen LogP contribution is 2.43. The second-order valence-corrected chi connectivity index (χ2v) is 4.90. The molecule has 0 spiro atoms. The van der Waals surface area contributed by atoms with Gasteiger partial charge in [-0.25, -0.2) is 0 Å². The van der Waals surface area contributed by atoms with E-state index >= 15 is 0 Å². The summed E-state index contributed by atoms with van der Waals surface area (Å²) in [5.41, 5.74) is 5.31. The minimum absolute atomic E-state index is 0.115. The molecule has 0 fully saturated rings. The Labute approximate surface area is 114 Å². The molecule has 0 aromatic heterocycles. The van der Waals surface area contributed by atoms with E-state index in [2.05, 4.69) is 66.7 Å². The fourth-order valence-electron chi connectivity index (χ4n) is 2.82. The number of fused-ring (bicyclic) bond motifs is 3. The minimum Gasteiger partial charge on any atom is -0.293 e. The number of rotatable bonds is 3. The zero-order valence-electron chi connectivity index (χ0n) is 11.1. The Balaban J connectivity index is 2.08. The monoisotopic (exact) mass is 247 g/mol. The molecule has 0 saturated carbocycles. The van der Waals surface area contributed by atoms with E-state index in [-0.39, 0.29) is 12.1 Å². The van der Waals surface area contributed by atoms with Crippen molar-refractivity contribution in [2.45, 2.75) is 25.4 Å². The third-order valence-electron chi connectivity index (χ3n) is 3.81. The van der Waals surface area contributed by atoms with Crippen LogP contribution in [0.5, 0.6) is 0 Å². The van der Waals surface area contributed by atoms with E-state index in [4.69, 9.17) is 6.42 Å². The number of hydrogen-bond acceptors (Lipinski definition) is 1. The first-order valence-corrected chi connectivity index (χ1v) is 6.75. The van der Waals surface area contributed by atoms with Crippen LogP contribution >= 0.6 is 0 Å². The molecule has 1 unspecified atom stereocenters. The van der Waals surface area contributed by atoms with Crippen LogP contribution in [0.4, 0.5) is 0 Å². The molecule has 0 radical (unpaired) electrons. The molecule has 94 valence electrons. The van der Waals surface area contributed by atoms with Crippen molar-refractivity contribution in [3.63, 3.8) is 0 Å². The smallest absolute Gasteiger partial charge is 0.0691 e. The Morgan fingerprint density at radius 2 is 1.58 bits per heavy atom. The van der Waals surface area contributed by atoms with Gasteiger partial charge in [-0.3, -0.25) is 5.32 Å². The van der Waals surface area contributed by atoms with Crippen molar-refractivity contribution in [2.24, 2.45) is 0 Å². The van der Waals surface area contributed by atoms with Gasteiger partial charge in [0.1, 0.15) is 0 Å². The molecule has 0 amide bonds. The van der Waals surface area contributed by atoms with Crippen LogP contribution in [-0.2, 0) is 0 Å². The fraction of sp³-hybridized carbons (Fsp3) is 0.222. The first-order valence-electron chi connectivity index (χ1n) is 6.75. The average molecular weight is 247 g/mol. The molecule has 0 bridgehead atoms. The Kier molecular flexibility index (Phi) is 3.11. The highest BCUT2D eigenvalue weighted by Gasteiger charge is 2.28. The van der Waals surface area contributed by atoms with Crippen molar-refractivity contribution in [1.29, 1.82) is 0 Å². The summed E-state index contributed by atoms with van der Waals surface area (Å²) >= 11 is 0. The summed E-state index contributed by atoms with van der Waals surface area (Å²) in [7, 11) is 0. The van der Waals surface area contributed by atoms with Gasteiger partial charge in [-0.2, -0.15) is 0 Å². The number of nitrogens with one attached hydrogen (secondary N) is 1. The van der Waals surface area contributed by atoms with Crippen LogP contribution in [0.2, 0.25) is 0 Å². The maximum atomic E-state index is 5.59. The van der Waals surface area contributed by atoms with Crippen molar-refractivity contribution in [3.8, 4) is 23.5 Å². The Morgan fingerprint density at radius 1 is 1.05 bits per heavy atom. The van der Waals surface area contributed by atoms with Crippen LogP contribution in [0.1, 0.15) is 30.5 Å². The molecule has 2 aromatic carbocycles. The predicted molar refractivity (Wildman–Crippen MR) is 79.8 cm³/mol. The lowest BCUT2D eigenvalue weighted by molar-refractivity contribution is 0.541. The van der Waals surface area contributed by atoms with Crippen LogP contribution < -0.4 is 5.32 Å². The van der Waals surface area contributed by atoms with Gasteiger partial charge >= 0.3 is 0 Å². The van der Waals surface area contributed by atoms with Crippen molar-refractivity contribution < 1.29 is 0 Å². The zero-order chi connectivity index (χ0) is 13.2. The summed E-state index contributed by atoms with van der Waals surface area (Å²) in [6.07, 6.45) is 6.53. The van der Waals surface area contributed by atoms with Gasteiger partial charge in [0.25, 0.3) is 0 Å². The second-order valence-electron chi connectivity index (χ2n) is 4.90. The van der Waals surface area contributed by atoms with Gasteiger partial charge in [0.15, 0.2) is 0 Å². The molecule has 19 heavy (non-hydrogen) atoms. The van der Waals surface area contributed by atoms with E-state index < -0.39 is 0 Å². The Morgan fingerprint density at radius 3 is 2.05 bits per heavy atom. The first kappa shape index (κ1) is 12.0. The van der Waals surface area contributed by atoms with Gasteiger partial charge in [-0.05, 0) is 28.7 Å². The molecule has 1 nitrogen and oxygen atoms in total. The van der Waals surface area contributed by atoms with E-state index in [0.717, 1.165) is 6.42 Å². The zero-order valence-corrected chi connectivity index (χ0v) is 11.1. The highest BCUT2D eigenvalue weighted by atomic mass is 15.0. The normalized spacial score (nSPS) is 14.5. The first-order chi connectivity index (χ1) is 9.35. The molecule has 0 heterocycles.